The summed E-state index contributed by atoms with van der Waals surface area (Å²) in [5, 5.41) is 11.0. The Bertz CT molecular complexity index is 545. The number of nitrogens with zero attached hydrogens (tertiary/aromatic N) is 1. The highest BCUT2D eigenvalue weighted by Gasteiger charge is 2.30. The topological polar surface area (TPSA) is 114 Å². The Hall–Kier alpha value is -2.35. The first-order valence-electron chi connectivity index (χ1n) is 5.95. The first-order chi connectivity index (χ1) is 9.56. The molecule has 1 heterocycles. The van der Waals surface area contributed by atoms with Crippen molar-refractivity contribution < 1.29 is 23.9 Å². The van der Waals surface area contributed by atoms with Gasteiger partial charge in [-0.1, -0.05) is 0 Å². The number of esters is 1. The van der Waals surface area contributed by atoms with Crippen molar-refractivity contribution in [1.29, 1.82) is 0 Å². The molecule has 0 radical (unpaired) electrons. The first kappa shape index (κ1) is 14.1. The number of ether oxygens (including phenoxy) is 3. The average molecular weight is 282 g/mol. The SMILES string of the molecule is COc1cc(CN)c([N+](=O)[O-])cc1OC1CCOC1=O. The minimum absolute atomic E-state index is 0.00156. The van der Waals surface area contributed by atoms with Crippen molar-refractivity contribution in [2.75, 3.05) is 13.7 Å². The number of benzene rings is 1. The third-order valence-corrected chi connectivity index (χ3v) is 2.94. The maximum absolute atomic E-state index is 11.4. The van der Waals surface area contributed by atoms with E-state index in [0.717, 1.165) is 0 Å². The van der Waals surface area contributed by atoms with Gasteiger partial charge in [-0.2, -0.15) is 0 Å². The molecule has 0 saturated carbocycles. The van der Waals surface area contributed by atoms with Crippen molar-refractivity contribution in [1.82, 2.24) is 0 Å². The minimum Gasteiger partial charge on any atom is -0.493 e. The third-order valence-electron chi connectivity index (χ3n) is 2.94. The second-order valence-electron chi connectivity index (χ2n) is 4.16. The zero-order valence-corrected chi connectivity index (χ0v) is 10.8. The molecule has 1 aromatic rings. The van der Waals surface area contributed by atoms with Crippen molar-refractivity contribution in [3.05, 3.63) is 27.8 Å². The van der Waals surface area contributed by atoms with Gasteiger partial charge in [0.25, 0.3) is 5.69 Å². The molecular formula is C12H14N2O6. The molecule has 0 bridgehead atoms. The number of nitro groups is 1. The van der Waals surface area contributed by atoms with Crippen LogP contribution in [0.4, 0.5) is 5.69 Å². The number of cyclic esters (lactones) is 1. The van der Waals surface area contributed by atoms with Gasteiger partial charge in [-0.25, -0.2) is 4.79 Å². The van der Waals surface area contributed by atoms with Crippen LogP contribution in [-0.2, 0) is 16.1 Å². The van der Waals surface area contributed by atoms with E-state index in [1.54, 1.807) is 0 Å². The van der Waals surface area contributed by atoms with Gasteiger partial charge in [0.1, 0.15) is 0 Å². The fraction of sp³-hybridized carbons (Fsp3) is 0.417. The maximum Gasteiger partial charge on any atom is 0.347 e. The van der Waals surface area contributed by atoms with Crippen molar-refractivity contribution in [2.45, 2.75) is 19.1 Å². The molecule has 8 nitrogen and oxygen atoms in total. The standard InChI is InChI=1S/C12H14N2O6/c1-18-10-4-7(6-13)8(14(16)17)5-11(10)20-9-2-3-19-12(9)15/h4-5,9H,2-3,6,13H2,1H3. The third kappa shape index (κ3) is 2.64. The number of rotatable bonds is 5. The molecule has 0 aliphatic carbocycles. The van der Waals surface area contributed by atoms with E-state index < -0.39 is 17.0 Å². The summed E-state index contributed by atoms with van der Waals surface area (Å²) in [6.45, 7) is 0.271. The van der Waals surface area contributed by atoms with Crippen molar-refractivity contribution in [3.8, 4) is 11.5 Å². The summed E-state index contributed by atoms with van der Waals surface area (Å²) >= 11 is 0. The molecule has 1 fully saturated rings. The maximum atomic E-state index is 11.4. The molecule has 1 aliphatic heterocycles. The van der Waals surface area contributed by atoms with Crippen LogP contribution in [0.1, 0.15) is 12.0 Å². The summed E-state index contributed by atoms with van der Waals surface area (Å²) in [6.07, 6.45) is -0.374. The molecule has 1 atom stereocenters. The van der Waals surface area contributed by atoms with Crippen LogP contribution in [0, 0.1) is 10.1 Å². The Morgan fingerprint density at radius 1 is 1.50 bits per heavy atom. The molecule has 20 heavy (non-hydrogen) atoms. The number of nitrogens with two attached hydrogens (primary N) is 1. The van der Waals surface area contributed by atoms with E-state index in [1.165, 1.54) is 19.2 Å². The fourth-order valence-electron chi connectivity index (χ4n) is 1.91. The van der Waals surface area contributed by atoms with E-state index in [-0.39, 0.29) is 30.3 Å². The number of methoxy groups -OCH3 is 1. The van der Waals surface area contributed by atoms with Crippen molar-refractivity contribution >= 4 is 11.7 Å². The number of hydrogen-bond donors (Lipinski definition) is 1. The second-order valence-corrected chi connectivity index (χ2v) is 4.16. The molecule has 0 amide bonds. The molecule has 0 spiro atoms. The molecule has 1 saturated heterocycles. The van der Waals surface area contributed by atoms with Crippen LogP contribution in [0.3, 0.4) is 0 Å². The monoisotopic (exact) mass is 282 g/mol. The van der Waals surface area contributed by atoms with Crippen LogP contribution < -0.4 is 15.2 Å². The van der Waals surface area contributed by atoms with E-state index in [2.05, 4.69) is 0 Å². The van der Waals surface area contributed by atoms with E-state index in [4.69, 9.17) is 19.9 Å². The molecular weight excluding hydrogens is 268 g/mol. The summed E-state index contributed by atoms with van der Waals surface area (Å²) in [4.78, 5) is 21.8. The van der Waals surface area contributed by atoms with Crippen molar-refractivity contribution in [3.63, 3.8) is 0 Å². The highest BCUT2D eigenvalue weighted by Crippen LogP contribution is 2.35. The summed E-state index contributed by atoms with van der Waals surface area (Å²) in [5.41, 5.74) is 5.63. The lowest BCUT2D eigenvalue weighted by molar-refractivity contribution is -0.385. The molecule has 2 N–H and O–H groups in total. The van der Waals surface area contributed by atoms with Gasteiger partial charge < -0.3 is 19.9 Å². The van der Waals surface area contributed by atoms with Crippen LogP contribution in [-0.4, -0.2) is 30.7 Å². The average Bonchev–Trinajstić information content (AvgIpc) is 2.83. The molecule has 0 aromatic heterocycles. The second kappa shape index (κ2) is 5.74. The lowest BCUT2D eigenvalue weighted by Gasteiger charge is -2.14. The summed E-state index contributed by atoms with van der Waals surface area (Å²) in [6, 6.07) is 2.65. The summed E-state index contributed by atoms with van der Waals surface area (Å²) < 4.78 is 15.3. The number of carbonyl (C=O) groups excluding carboxylic acids is 1. The number of carbonyl (C=O) groups is 1. The highest BCUT2D eigenvalue weighted by atomic mass is 16.6. The normalized spacial score (nSPS) is 17.7. The van der Waals surface area contributed by atoms with Crippen LogP contribution in [0.25, 0.3) is 0 Å². The zero-order chi connectivity index (χ0) is 14.7. The predicted molar refractivity (Wildman–Crippen MR) is 67.5 cm³/mol. The zero-order valence-electron chi connectivity index (χ0n) is 10.8. The Morgan fingerprint density at radius 2 is 2.25 bits per heavy atom. The van der Waals surface area contributed by atoms with Gasteiger partial charge in [-0.15, -0.1) is 0 Å². The van der Waals surface area contributed by atoms with Gasteiger partial charge in [-0.3, -0.25) is 10.1 Å². The number of hydrogen-bond acceptors (Lipinski definition) is 7. The molecule has 1 unspecified atom stereocenters. The van der Waals surface area contributed by atoms with E-state index in [0.29, 0.717) is 12.0 Å². The molecule has 108 valence electrons. The molecule has 2 rings (SSSR count). The van der Waals surface area contributed by atoms with Gasteiger partial charge in [0, 0.05) is 18.5 Å². The van der Waals surface area contributed by atoms with Gasteiger partial charge in [0.2, 0.25) is 0 Å². The highest BCUT2D eigenvalue weighted by molar-refractivity contribution is 5.77. The van der Waals surface area contributed by atoms with Crippen LogP contribution in [0.2, 0.25) is 0 Å². The van der Waals surface area contributed by atoms with Gasteiger partial charge in [0.05, 0.1) is 24.7 Å². The first-order valence-corrected chi connectivity index (χ1v) is 5.95. The largest absolute Gasteiger partial charge is 0.493 e. The van der Waals surface area contributed by atoms with Crippen LogP contribution >= 0.6 is 0 Å². The predicted octanol–water partition coefficient (Wildman–Crippen LogP) is 0.756. The summed E-state index contributed by atoms with van der Waals surface area (Å²) in [7, 11) is 1.40. The molecule has 1 aliphatic rings. The van der Waals surface area contributed by atoms with E-state index in [9.17, 15) is 14.9 Å². The van der Waals surface area contributed by atoms with Crippen LogP contribution in [0.5, 0.6) is 11.5 Å². The Kier molecular flexibility index (Phi) is 4.04. The lowest BCUT2D eigenvalue weighted by atomic mass is 10.1. The van der Waals surface area contributed by atoms with E-state index >= 15 is 0 Å². The molecule has 1 aromatic carbocycles. The minimum atomic E-state index is -0.771. The van der Waals surface area contributed by atoms with Crippen LogP contribution in [0.15, 0.2) is 12.1 Å². The Balaban J connectivity index is 2.37. The van der Waals surface area contributed by atoms with Gasteiger partial charge >= 0.3 is 5.97 Å². The van der Waals surface area contributed by atoms with E-state index in [1.807, 2.05) is 0 Å². The quantitative estimate of drug-likeness (QED) is 0.481. The molecule has 8 heteroatoms. The number of nitro benzene ring substituents is 1. The Labute approximate surface area is 114 Å². The van der Waals surface area contributed by atoms with Crippen molar-refractivity contribution in [2.24, 2.45) is 5.73 Å². The van der Waals surface area contributed by atoms with Gasteiger partial charge in [-0.05, 0) is 6.07 Å². The van der Waals surface area contributed by atoms with Gasteiger partial charge in [0.15, 0.2) is 17.6 Å². The fourth-order valence-corrected chi connectivity index (χ4v) is 1.91. The smallest absolute Gasteiger partial charge is 0.347 e. The lowest BCUT2D eigenvalue weighted by Crippen LogP contribution is -2.22. The Morgan fingerprint density at radius 3 is 2.75 bits per heavy atom. The summed E-state index contributed by atoms with van der Waals surface area (Å²) in [5.74, 6) is -0.0754.